The highest BCUT2D eigenvalue weighted by Gasteiger charge is 2.17. The molecule has 0 saturated heterocycles. The molecule has 2 rings (SSSR count). The molecule has 0 aliphatic heterocycles. The van der Waals surface area contributed by atoms with Crippen molar-refractivity contribution in [1.29, 1.82) is 0 Å². The average molecular weight is 225 g/mol. The van der Waals surface area contributed by atoms with E-state index in [1.54, 1.807) is 0 Å². The maximum Gasteiger partial charge on any atom is 0.0357 e. The molecule has 2 aromatic carbocycles. The standard InChI is InChI=1S/C16H19N/c1-16(2,13-14-9-5-3-6-10-14)17-15-11-7-4-8-12-15/h3-12,17H,13H2,1-2H3. The van der Waals surface area contributed by atoms with E-state index in [4.69, 9.17) is 0 Å². The van der Waals surface area contributed by atoms with E-state index >= 15 is 0 Å². The molecule has 1 nitrogen and oxygen atoms in total. The van der Waals surface area contributed by atoms with Crippen molar-refractivity contribution in [2.75, 3.05) is 5.32 Å². The van der Waals surface area contributed by atoms with Gasteiger partial charge in [-0.2, -0.15) is 0 Å². The number of hydrogen-bond acceptors (Lipinski definition) is 1. The van der Waals surface area contributed by atoms with Crippen LogP contribution in [0.25, 0.3) is 0 Å². The second kappa shape index (κ2) is 5.05. The van der Waals surface area contributed by atoms with Gasteiger partial charge in [-0.15, -0.1) is 0 Å². The minimum Gasteiger partial charge on any atom is -0.380 e. The molecule has 0 unspecified atom stereocenters. The van der Waals surface area contributed by atoms with Gasteiger partial charge < -0.3 is 5.32 Å². The monoisotopic (exact) mass is 225 g/mol. The van der Waals surface area contributed by atoms with Gasteiger partial charge in [-0.25, -0.2) is 0 Å². The molecule has 0 aliphatic carbocycles. The largest absolute Gasteiger partial charge is 0.380 e. The van der Waals surface area contributed by atoms with Crippen LogP contribution in [0.5, 0.6) is 0 Å². The highest BCUT2D eigenvalue weighted by Crippen LogP contribution is 2.19. The molecule has 88 valence electrons. The first-order valence-corrected chi connectivity index (χ1v) is 6.03. The highest BCUT2D eigenvalue weighted by atomic mass is 15.0. The zero-order valence-electron chi connectivity index (χ0n) is 10.5. The van der Waals surface area contributed by atoms with E-state index < -0.39 is 0 Å². The van der Waals surface area contributed by atoms with Crippen LogP contribution in [0.1, 0.15) is 19.4 Å². The molecule has 0 bridgehead atoms. The van der Waals surface area contributed by atoms with Crippen LogP contribution in [0.4, 0.5) is 5.69 Å². The first-order valence-electron chi connectivity index (χ1n) is 6.03. The summed E-state index contributed by atoms with van der Waals surface area (Å²) in [6.45, 7) is 4.46. The molecule has 2 aromatic rings. The number of rotatable bonds is 4. The molecular formula is C16H19N. The van der Waals surface area contributed by atoms with Crippen molar-refractivity contribution < 1.29 is 0 Å². The van der Waals surface area contributed by atoms with Crippen molar-refractivity contribution in [3.05, 3.63) is 66.2 Å². The summed E-state index contributed by atoms with van der Waals surface area (Å²) in [5.41, 5.74) is 2.59. The molecule has 0 aliphatic rings. The van der Waals surface area contributed by atoms with E-state index in [9.17, 15) is 0 Å². The first-order chi connectivity index (χ1) is 8.16. The van der Waals surface area contributed by atoms with Crippen LogP contribution in [-0.2, 0) is 6.42 Å². The topological polar surface area (TPSA) is 12.0 Å². The van der Waals surface area contributed by atoms with Gasteiger partial charge in [-0.05, 0) is 38.0 Å². The van der Waals surface area contributed by atoms with Crippen molar-refractivity contribution in [3.63, 3.8) is 0 Å². The Balaban J connectivity index is 2.04. The van der Waals surface area contributed by atoms with Gasteiger partial charge in [-0.3, -0.25) is 0 Å². The average Bonchev–Trinajstić information content (AvgIpc) is 2.30. The normalized spacial score (nSPS) is 11.2. The van der Waals surface area contributed by atoms with Crippen molar-refractivity contribution in [2.24, 2.45) is 0 Å². The molecular weight excluding hydrogens is 206 g/mol. The van der Waals surface area contributed by atoms with Gasteiger partial charge in [0.05, 0.1) is 0 Å². The van der Waals surface area contributed by atoms with Gasteiger partial charge >= 0.3 is 0 Å². The summed E-state index contributed by atoms with van der Waals surface area (Å²) in [5.74, 6) is 0. The van der Waals surface area contributed by atoms with E-state index in [0.29, 0.717) is 0 Å². The van der Waals surface area contributed by atoms with E-state index in [0.717, 1.165) is 6.42 Å². The van der Waals surface area contributed by atoms with Crippen molar-refractivity contribution in [2.45, 2.75) is 25.8 Å². The van der Waals surface area contributed by atoms with Crippen LogP contribution in [-0.4, -0.2) is 5.54 Å². The second-order valence-corrected chi connectivity index (χ2v) is 5.04. The van der Waals surface area contributed by atoms with Gasteiger partial charge in [0.25, 0.3) is 0 Å². The number of hydrogen-bond donors (Lipinski definition) is 1. The number of nitrogens with one attached hydrogen (secondary N) is 1. The zero-order valence-corrected chi connectivity index (χ0v) is 10.5. The minimum atomic E-state index is 0.0582. The minimum absolute atomic E-state index is 0.0582. The molecule has 17 heavy (non-hydrogen) atoms. The first kappa shape index (κ1) is 11.7. The fourth-order valence-corrected chi connectivity index (χ4v) is 2.06. The Kier molecular flexibility index (Phi) is 3.48. The van der Waals surface area contributed by atoms with Crippen LogP contribution in [0.15, 0.2) is 60.7 Å². The predicted octanol–water partition coefficient (Wildman–Crippen LogP) is 4.12. The SMILES string of the molecule is CC(C)(Cc1ccccc1)Nc1ccccc1. The Morgan fingerprint density at radius 3 is 1.94 bits per heavy atom. The summed E-state index contributed by atoms with van der Waals surface area (Å²) in [6, 6.07) is 20.9. The molecule has 1 N–H and O–H groups in total. The van der Waals surface area contributed by atoms with Crippen LogP contribution >= 0.6 is 0 Å². The summed E-state index contributed by atoms with van der Waals surface area (Å²) >= 11 is 0. The fourth-order valence-electron chi connectivity index (χ4n) is 2.06. The summed E-state index contributed by atoms with van der Waals surface area (Å²) in [5, 5.41) is 3.57. The predicted molar refractivity (Wildman–Crippen MR) is 74.3 cm³/mol. The van der Waals surface area contributed by atoms with Gasteiger partial charge in [0.15, 0.2) is 0 Å². The van der Waals surface area contributed by atoms with E-state index in [1.165, 1.54) is 11.3 Å². The van der Waals surface area contributed by atoms with Crippen molar-refractivity contribution >= 4 is 5.69 Å². The van der Waals surface area contributed by atoms with Crippen LogP contribution < -0.4 is 5.32 Å². The van der Waals surface area contributed by atoms with E-state index in [2.05, 4.69) is 73.8 Å². The third-order valence-corrected chi connectivity index (χ3v) is 2.75. The molecule has 0 spiro atoms. The van der Waals surface area contributed by atoms with Gasteiger partial charge in [0, 0.05) is 11.2 Å². The fraction of sp³-hybridized carbons (Fsp3) is 0.250. The lowest BCUT2D eigenvalue weighted by molar-refractivity contribution is 0.564. The molecule has 0 fully saturated rings. The molecule has 0 saturated carbocycles. The van der Waals surface area contributed by atoms with Crippen LogP contribution in [0.2, 0.25) is 0 Å². The van der Waals surface area contributed by atoms with Crippen LogP contribution in [0.3, 0.4) is 0 Å². The number of anilines is 1. The van der Waals surface area contributed by atoms with E-state index in [1.807, 2.05) is 6.07 Å². The van der Waals surface area contributed by atoms with Crippen molar-refractivity contribution in [3.8, 4) is 0 Å². The lowest BCUT2D eigenvalue weighted by Crippen LogP contribution is -2.33. The number of para-hydroxylation sites is 1. The summed E-state index contributed by atoms with van der Waals surface area (Å²) < 4.78 is 0. The highest BCUT2D eigenvalue weighted by molar-refractivity contribution is 5.45. The Morgan fingerprint density at radius 2 is 1.35 bits per heavy atom. The summed E-state index contributed by atoms with van der Waals surface area (Å²) in [7, 11) is 0. The molecule has 0 amide bonds. The van der Waals surface area contributed by atoms with Gasteiger partial charge in [0.1, 0.15) is 0 Å². The molecule has 0 aromatic heterocycles. The third kappa shape index (κ3) is 3.63. The maximum absolute atomic E-state index is 3.57. The lowest BCUT2D eigenvalue weighted by atomic mass is 9.94. The van der Waals surface area contributed by atoms with Gasteiger partial charge in [0.2, 0.25) is 0 Å². The Labute approximate surface area is 103 Å². The van der Waals surface area contributed by atoms with Crippen molar-refractivity contribution in [1.82, 2.24) is 0 Å². The second-order valence-electron chi connectivity index (χ2n) is 5.04. The maximum atomic E-state index is 3.57. The number of benzene rings is 2. The Morgan fingerprint density at radius 1 is 0.824 bits per heavy atom. The zero-order chi connectivity index (χ0) is 12.1. The Bertz CT molecular complexity index is 402. The molecule has 0 atom stereocenters. The smallest absolute Gasteiger partial charge is 0.0357 e. The quantitative estimate of drug-likeness (QED) is 0.825. The Hall–Kier alpha value is -1.76. The van der Waals surface area contributed by atoms with Gasteiger partial charge in [-0.1, -0.05) is 48.5 Å². The summed E-state index contributed by atoms with van der Waals surface area (Å²) in [6.07, 6.45) is 1.02. The molecule has 0 heterocycles. The van der Waals surface area contributed by atoms with E-state index in [-0.39, 0.29) is 5.54 Å². The van der Waals surface area contributed by atoms with Crippen LogP contribution in [0, 0.1) is 0 Å². The summed E-state index contributed by atoms with van der Waals surface area (Å²) in [4.78, 5) is 0. The lowest BCUT2D eigenvalue weighted by Gasteiger charge is -2.27. The molecule has 0 radical (unpaired) electrons. The third-order valence-electron chi connectivity index (χ3n) is 2.75. The molecule has 1 heteroatoms.